The summed E-state index contributed by atoms with van der Waals surface area (Å²) in [4.78, 5) is 4.33. The average molecular weight is 267 g/mol. The van der Waals surface area contributed by atoms with Crippen molar-refractivity contribution < 1.29 is 8.42 Å². The third kappa shape index (κ3) is 2.88. The second-order valence-corrected chi connectivity index (χ2v) is 6.49. The Morgan fingerprint density at radius 2 is 2.11 bits per heavy atom. The number of benzene rings is 1. The molecule has 6 heteroatoms. The molecular formula is C12H17N3O2S. The van der Waals surface area contributed by atoms with Gasteiger partial charge in [0.25, 0.3) is 0 Å². The molecule has 0 aliphatic heterocycles. The summed E-state index contributed by atoms with van der Waals surface area (Å²) in [6.45, 7) is 4.49. The van der Waals surface area contributed by atoms with Crippen LogP contribution in [-0.4, -0.2) is 24.2 Å². The molecule has 1 aromatic carbocycles. The highest BCUT2D eigenvalue weighted by Crippen LogP contribution is 2.18. The third-order valence-electron chi connectivity index (χ3n) is 2.73. The molecule has 98 valence electrons. The largest absolute Gasteiger partial charge is 0.328 e. The predicted octanol–water partition coefficient (Wildman–Crippen LogP) is 1.67. The Bertz CT molecular complexity index is 659. The lowest BCUT2D eigenvalue weighted by atomic mass is 10.2. The SMILES string of the molecule is CC(C)n1cnc2cc(CNS(C)(=O)=O)ccc21. The van der Waals surface area contributed by atoms with E-state index in [0.29, 0.717) is 12.6 Å². The van der Waals surface area contributed by atoms with Gasteiger partial charge in [-0.15, -0.1) is 0 Å². The summed E-state index contributed by atoms with van der Waals surface area (Å²) in [6.07, 6.45) is 2.96. The maximum absolute atomic E-state index is 11.0. The van der Waals surface area contributed by atoms with Crippen LogP contribution in [0, 0.1) is 0 Å². The number of sulfonamides is 1. The molecule has 1 N–H and O–H groups in total. The Morgan fingerprint density at radius 1 is 1.39 bits per heavy atom. The molecule has 0 aliphatic rings. The Kier molecular flexibility index (Phi) is 3.41. The van der Waals surface area contributed by atoms with Gasteiger partial charge in [-0.1, -0.05) is 6.07 Å². The molecule has 0 aliphatic carbocycles. The van der Waals surface area contributed by atoms with Crippen molar-refractivity contribution in [1.29, 1.82) is 0 Å². The fourth-order valence-corrected chi connectivity index (χ4v) is 2.24. The molecule has 0 fully saturated rings. The number of nitrogens with zero attached hydrogens (tertiary/aromatic N) is 2. The maximum Gasteiger partial charge on any atom is 0.209 e. The van der Waals surface area contributed by atoms with Gasteiger partial charge in [0, 0.05) is 12.6 Å². The summed E-state index contributed by atoms with van der Waals surface area (Å²) >= 11 is 0. The predicted molar refractivity (Wildman–Crippen MR) is 71.8 cm³/mol. The van der Waals surface area contributed by atoms with Crippen molar-refractivity contribution in [2.24, 2.45) is 0 Å². The fourth-order valence-electron chi connectivity index (χ4n) is 1.81. The van der Waals surface area contributed by atoms with Crippen LogP contribution in [0.2, 0.25) is 0 Å². The molecule has 0 saturated carbocycles. The van der Waals surface area contributed by atoms with E-state index < -0.39 is 10.0 Å². The van der Waals surface area contributed by atoms with Crippen molar-refractivity contribution in [3.8, 4) is 0 Å². The lowest BCUT2D eigenvalue weighted by Crippen LogP contribution is -2.21. The molecule has 0 radical (unpaired) electrons. The molecule has 0 atom stereocenters. The molecule has 0 unspecified atom stereocenters. The Hall–Kier alpha value is -1.40. The summed E-state index contributed by atoms with van der Waals surface area (Å²) in [6, 6.07) is 6.16. The van der Waals surface area contributed by atoms with Crippen molar-refractivity contribution in [1.82, 2.24) is 14.3 Å². The number of hydrogen-bond acceptors (Lipinski definition) is 3. The van der Waals surface area contributed by atoms with Crippen molar-refractivity contribution >= 4 is 21.1 Å². The van der Waals surface area contributed by atoms with Crippen LogP contribution in [0.25, 0.3) is 11.0 Å². The van der Waals surface area contributed by atoms with Crippen LogP contribution in [0.3, 0.4) is 0 Å². The van der Waals surface area contributed by atoms with Crippen LogP contribution in [0.1, 0.15) is 25.5 Å². The molecule has 2 rings (SSSR count). The highest BCUT2D eigenvalue weighted by molar-refractivity contribution is 7.88. The van der Waals surface area contributed by atoms with E-state index in [0.717, 1.165) is 22.9 Å². The van der Waals surface area contributed by atoms with Crippen LogP contribution in [0.5, 0.6) is 0 Å². The smallest absolute Gasteiger partial charge is 0.209 e. The quantitative estimate of drug-likeness (QED) is 0.916. The minimum atomic E-state index is -3.16. The van der Waals surface area contributed by atoms with Crippen molar-refractivity contribution in [2.45, 2.75) is 26.4 Å². The summed E-state index contributed by atoms with van der Waals surface area (Å²) in [5, 5.41) is 0. The van der Waals surface area contributed by atoms with Crippen LogP contribution in [-0.2, 0) is 16.6 Å². The van der Waals surface area contributed by atoms with Crippen molar-refractivity contribution in [3.05, 3.63) is 30.1 Å². The van der Waals surface area contributed by atoms with Gasteiger partial charge in [0.2, 0.25) is 10.0 Å². The van der Waals surface area contributed by atoms with Gasteiger partial charge in [-0.05, 0) is 31.5 Å². The summed E-state index contributed by atoms with van der Waals surface area (Å²) in [5.41, 5.74) is 2.85. The van der Waals surface area contributed by atoms with Gasteiger partial charge < -0.3 is 4.57 Å². The zero-order valence-electron chi connectivity index (χ0n) is 10.7. The molecule has 18 heavy (non-hydrogen) atoms. The first kappa shape index (κ1) is 13.0. The minimum Gasteiger partial charge on any atom is -0.328 e. The lowest BCUT2D eigenvalue weighted by molar-refractivity contribution is 0.587. The van der Waals surface area contributed by atoms with Gasteiger partial charge in [0.15, 0.2) is 0 Å². The number of imidazole rings is 1. The molecule has 2 aromatic rings. The fraction of sp³-hybridized carbons (Fsp3) is 0.417. The van der Waals surface area contributed by atoms with E-state index in [4.69, 9.17) is 0 Å². The summed E-state index contributed by atoms with van der Waals surface area (Å²) in [5.74, 6) is 0. The van der Waals surface area contributed by atoms with Crippen LogP contribution >= 0.6 is 0 Å². The van der Waals surface area contributed by atoms with E-state index in [2.05, 4.69) is 28.1 Å². The number of hydrogen-bond donors (Lipinski definition) is 1. The number of nitrogens with one attached hydrogen (secondary N) is 1. The normalized spacial score (nSPS) is 12.4. The van der Waals surface area contributed by atoms with Gasteiger partial charge in [-0.25, -0.2) is 18.1 Å². The van der Waals surface area contributed by atoms with Gasteiger partial charge >= 0.3 is 0 Å². The van der Waals surface area contributed by atoms with Crippen LogP contribution in [0.4, 0.5) is 0 Å². The van der Waals surface area contributed by atoms with E-state index in [1.807, 2.05) is 24.5 Å². The van der Waals surface area contributed by atoms with Gasteiger partial charge in [-0.3, -0.25) is 0 Å². The van der Waals surface area contributed by atoms with E-state index in [-0.39, 0.29) is 0 Å². The topological polar surface area (TPSA) is 64.0 Å². The van der Waals surface area contributed by atoms with E-state index in [9.17, 15) is 8.42 Å². The highest BCUT2D eigenvalue weighted by Gasteiger charge is 2.07. The molecule has 1 heterocycles. The molecule has 5 nitrogen and oxygen atoms in total. The molecular weight excluding hydrogens is 250 g/mol. The van der Waals surface area contributed by atoms with Gasteiger partial charge in [-0.2, -0.15) is 0 Å². The lowest BCUT2D eigenvalue weighted by Gasteiger charge is -2.08. The Labute approximate surface area is 107 Å². The Balaban J connectivity index is 2.29. The third-order valence-corrected chi connectivity index (χ3v) is 3.40. The average Bonchev–Trinajstić information content (AvgIpc) is 2.68. The number of aromatic nitrogens is 2. The van der Waals surface area contributed by atoms with E-state index in [1.165, 1.54) is 0 Å². The zero-order valence-corrected chi connectivity index (χ0v) is 11.5. The molecule has 0 spiro atoms. The first-order chi connectivity index (χ1) is 8.37. The number of rotatable bonds is 4. The first-order valence-electron chi connectivity index (χ1n) is 5.77. The first-order valence-corrected chi connectivity index (χ1v) is 7.66. The van der Waals surface area contributed by atoms with Crippen LogP contribution < -0.4 is 4.72 Å². The highest BCUT2D eigenvalue weighted by atomic mass is 32.2. The monoisotopic (exact) mass is 267 g/mol. The van der Waals surface area contributed by atoms with E-state index in [1.54, 1.807) is 0 Å². The Morgan fingerprint density at radius 3 is 2.72 bits per heavy atom. The van der Waals surface area contributed by atoms with Gasteiger partial charge in [0.1, 0.15) is 0 Å². The van der Waals surface area contributed by atoms with E-state index >= 15 is 0 Å². The second kappa shape index (κ2) is 4.70. The maximum atomic E-state index is 11.0. The molecule has 0 saturated heterocycles. The number of fused-ring (bicyclic) bond motifs is 1. The van der Waals surface area contributed by atoms with Crippen LogP contribution in [0.15, 0.2) is 24.5 Å². The summed E-state index contributed by atoms with van der Waals surface area (Å²) < 4.78 is 26.6. The summed E-state index contributed by atoms with van der Waals surface area (Å²) in [7, 11) is -3.16. The minimum absolute atomic E-state index is 0.295. The standard InChI is InChI=1S/C12H17N3O2S/c1-9(2)15-8-13-11-6-10(4-5-12(11)15)7-14-18(3,16)17/h4-6,8-9,14H,7H2,1-3H3. The molecule has 1 aromatic heterocycles. The zero-order chi connectivity index (χ0) is 13.3. The second-order valence-electron chi connectivity index (χ2n) is 4.66. The van der Waals surface area contributed by atoms with Crippen molar-refractivity contribution in [3.63, 3.8) is 0 Å². The van der Waals surface area contributed by atoms with Crippen molar-refractivity contribution in [2.75, 3.05) is 6.26 Å². The molecule has 0 amide bonds. The van der Waals surface area contributed by atoms with Gasteiger partial charge in [0.05, 0.1) is 23.6 Å². The molecule has 0 bridgehead atoms.